The number of sulfone groups is 1. The summed E-state index contributed by atoms with van der Waals surface area (Å²) in [5, 5.41) is 2.39. The fourth-order valence-corrected chi connectivity index (χ4v) is 4.30. The summed E-state index contributed by atoms with van der Waals surface area (Å²) in [4.78, 5) is 22.3. The number of carbonyl (C=O) groups is 1. The van der Waals surface area contributed by atoms with Crippen LogP contribution >= 0.6 is 0 Å². The number of benzene rings is 2. The van der Waals surface area contributed by atoms with Crippen molar-refractivity contribution >= 4 is 27.4 Å². The van der Waals surface area contributed by atoms with Crippen molar-refractivity contribution in [3.8, 4) is 0 Å². The molecular weight excluding hydrogens is 376 g/mol. The van der Waals surface area contributed by atoms with Gasteiger partial charge in [0.05, 0.1) is 12.3 Å². The number of amides is 2. The molecule has 0 bridgehead atoms. The lowest BCUT2D eigenvalue weighted by Crippen LogP contribution is -2.39. The van der Waals surface area contributed by atoms with Gasteiger partial charge in [-0.15, -0.1) is 0 Å². The van der Waals surface area contributed by atoms with Crippen LogP contribution in [0.3, 0.4) is 0 Å². The average Bonchev–Trinajstić information content (AvgIpc) is 2.68. The van der Waals surface area contributed by atoms with Crippen molar-refractivity contribution in [2.24, 2.45) is 0 Å². The second kappa shape index (κ2) is 7.05. The van der Waals surface area contributed by atoms with Gasteiger partial charge >= 0.3 is 6.03 Å². The number of hydrogen-bond donors (Lipinski definition) is 1. The monoisotopic (exact) mass is 394 g/mol. The number of fused-ring (bicyclic) bond motifs is 1. The third kappa shape index (κ3) is 3.46. The standard InChI is InChI=1S/C20H18N4O3S/c1-14-7-5-6-10-17(14)24-12-16-11-21-19(22-18(16)23-20(24)25)28(26,27)13-15-8-3-2-4-9-15/h2-11H,12-13H2,1H3,(H,21,22,23,25). The first-order valence-electron chi connectivity index (χ1n) is 8.71. The summed E-state index contributed by atoms with van der Waals surface area (Å²) in [6.07, 6.45) is 1.46. The Labute approximate surface area is 163 Å². The van der Waals surface area contributed by atoms with Crippen molar-refractivity contribution < 1.29 is 13.2 Å². The van der Waals surface area contributed by atoms with Crippen molar-refractivity contribution in [3.63, 3.8) is 0 Å². The van der Waals surface area contributed by atoms with Crippen LogP contribution in [0.4, 0.5) is 16.3 Å². The molecule has 1 aromatic heterocycles. The van der Waals surface area contributed by atoms with Gasteiger partial charge in [-0.1, -0.05) is 48.5 Å². The first-order chi connectivity index (χ1) is 13.4. The van der Waals surface area contributed by atoms with E-state index < -0.39 is 9.84 Å². The molecule has 0 radical (unpaired) electrons. The summed E-state index contributed by atoms with van der Waals surface area (Å²) in [5.41, 5.74) is 3.05. The molecule has 0 fully saturated rings. The first-order valence-corrected chi connectivity index (χ1v) is 10.4. The molecule has 142 valence electrons. The molecule has 7 nitrogen and oxygen atoms in total. The van der Waals surface area contributed by atoms with E-state index in [0.29, 0.717) is 11.1 Å². The highest BCUT2D eigenvalue weighted by Crippen LogP contribution is 2.28. The van der Waals surface area contributed by atoms with Crippen LogP contribution in [0.5, 0.6) is 0 Å². The minimum atomic E-state index is -3.72. The zero-order valence-corrected chi connectivity index (χ0v) is 16.0. The molecule has 0 atom stereocenters. The predicted molar refractivity (Wildman–Crippen MR) is 106 cm³/mol. The maximum absolute atomic E-state index is 12.7. The van der Waals surface area contributed by atoms with Crippen LogP contribution in [0.15, 0.2) is 66.0 Å². The summed E-state index contributed by atoms with van der Waals surface area (Å²) >= 11 is 0. The zero-order valence-electron chi connectivity index (χ0n) is 15.2. The van der Waals surface area contributed by atoms with Gasteiger partial charge in [0.2, 0.25) is 15.0 Å². The van der Waals surface area contributed by atoms with Gasteiger partial charge < -0.3 is 0 Å². The SMILES string of the molecule is Cc1ccccc1N1Cc2cnc(S(=O)(=O)Cc3ccccc3)nc2NC1=O. The van der Waals surface area contributed by atoms with Gasteiger partial charge in [0.25, 0.3) is 0 Å². The molecule has 8 heteroatoms. The van der Waals surface area contributed by atoms with Gasteiger partial charge in [-0.25, -0.2) is 23.2 Å². The number of hydrogen-bond acceptors (Lipinski definition) is 5. The quantitative estimate of drug-likeness (QED) is 0.686. The van der Waals surface area contributed by atoms with E-state index in [-0.39, 0.29) is 29.3 Å². The summed E-state index contributed by atoms with van der Waals surface area (Å²) in [7, 11) is -3.72. The van der Waals surface area contributed by atoms with Crippen molar-refractivity contribution in [1.29, 1.82) is 0 Å². The molecule has 0 unspecified atom stereocenters. The molecule has 0 saturated carbocycles. The van der Waals surface area contributed by atoms with Crippen LogP contribution in [-0.4, -0.2) is 24.4 Å². The minimum absolute atomic E-state index is 0.199. The molecule has 1 N–H and O–H groups in total. The largest absolute Gasteiger partial charge is 0.327 e. The summed E-state index contributed by atoms with van der Waals surface area (Å²) in [5.74, 6) is 0.0343. The number of nitrogens with zero attached hydrogens (tertiary/aromatic N) is 3. The van der Waals surface area contributed by atoms with Crippen molar-refractivity contribution in [3.05, 3.63) is 77.5 Å². The maximum Gasteiger partial charge on any atom is 0.327 e. The number of aromatic nitrogens is 2. The summed E-state index contributed by atoms with van der Waals surface area (Å²) in [6.45, 7) is 2.19. The Morgan fingerprint density at radius 3 is 2.54 bits per heavy atom. The van der Waals surface area contributed by atoms with Crippen molar-refractivity contribution in [2.45, 2.75) is 24.4 Å². The lowest BCUT2D eigenvalue weighted by molar-refractivity contribution is 0.255. The summed E-state index contributed by atoms with van der Waals surface area (Å²) in [6, 6.07) is 16.0. The average molecular weight is 394 g/mol. The molecular formula is C20H18N4O3S. The van der Waals surface area contributed by atoms with E-state index in [0.717, 1.165) is 11.3 Å². The van der Waals surface area contributed by atoms with Crippen LogP contribution in [0, 0.1) is 6.92 Å². The third-order valence-electron chi connectivity index (χ3n) is 4.53. The van der Waals surface area contributed by atoms with Gasteiger partial charge in [-0.2, -0.15) is 0 Å². The molecule has 1 aliphatic heterocycles. The zero-order chi connectivity index (χ0) is 19.7. The topological polar surface area (TPSA) is 92.3 Å². The minimum Gasteiger partial charge on any atom is -0.291 e. The van der Waals surface area contributed by atoms with Crippen LogP contribution in [0.1, 0.15) is 16.7 Å². The molecule has 0 saturated heterocycles. The number of urea groups is 1. The fourth-order valence-electron chi connectivity index (χ4n) is 3.09. The number of rotatable bonds is 4. The number of nitrogens with one attached hydrogen (secondary N) is 1. The molecule has 4 rings (SSSR count). The normalized spacial score (nSPS) is 13.8. The molecule has 0 aliphatic carbocycles. The number of aryl methyl sites for hydroxylation is 1. The summed E-state index contributed by atoms with van der Waals surface area (Å²) < 4.78 is 25.3. The van der Waals surface area contributed by atoms with Crippen LogP contribution in [-0.2, 0) is 22.1 Å². The van der Waals surface area contributed by atoms with E-state index in [4.69, 9.17) is 0 Å². The maximum atomic E-state index is 12.7. The molecule has 28 heavy (non-hydrogen) atoms. The van der Waals surface area contributed by atoms with Gasteiger partial charge in [-0.05, 0) is 24.1 Å². The Kier molecular flexibility index (Phi) is 4.56. The highest BCUT2D eigenvalue weighted by molar-refractivity contribution is 7.90. The Morgan fingerprint density at radius 1 is 1.07 bits per heavy atom. The number of para-hydroxylation sites is 1. The van der Waals surface area contributed by atoms with Gasteiger partial charge in [0.15, 0.2) is 0 Å². The Hall–Kier alpha value is -3.26. The van der Waals surface area contributed by atoms with Crippen LogP contribution < -0.4 is 10.2 Å². The number of carbonyl (C=O) groups excluding carboxylic acids is 1. The van der Waals surface area contributed by atoms with E-state index >= 15 is 0 Å². The Bertz CT molecular complexity index is 1150. The molecule has 2 amide bonds. The van der Waals surface area contributed by atoms with Gasteiger partial charge in [0.1, 0.15) is 5.82 Å². The highest BCUT2D eigenvalue weighted by Gasteiger charge is 2.28. The van der Waals surface area contributed by atoms with Crippen molar-refractivity contribution in [2.75, 3.05) is 10.2 Å². The van der Waals surface area contributed by atoms with Gasteiger partial charge in [0, 0.05) is 17.4 Å². The van der Waals surface area contributed by atoms with Crippen LogP contribution in [0.25, 0.3) is 0 Å². The molecule has 2 aromatic carbocycles. The van der Waals surface area contributed by atoms with Crippen molar-refractivity contribution in [1.82, 2.24) is 9.97 Å². The van der Waals surface area contributed by atoms with Gasteiger partial charge in [-0.3, -0.25) is 10.2 Å². The van der Waals surface area contributed by atoms with E-state index in [1.54, 1.807) is 29.2 Å². The third-order valence-corrected chi connectivity index (χ3v) is 5.99. The first kappa shape index (κ1) is 18.1. The van der Waals surface area contributed by atoms with E-state index in [1.165, 1.54) is 6.20 Å². The molecule has 2 heterocycles. The molecule has 0 spiro atoms. The lowest BCUT2D eigenvalue weighted by Gasteiger charge is -2.29. The second-order valence-corrected chi connectivity index (χ2v) is 8.46. The Morgan fingerprint density at radius 2 is 1.79 bits per heavy atom. The van der Waals surface area contributed by atoms with E-state index in [2.05, 4.69) is 15.3 Å². The van der Waals surface area contributed by atoms with E-state index in [1.807, 2.05) is 37.3 Å². The highest BCUT2D eigenvalue weighted by atomic mass is 32.2. The molecule has 1 aliphatic rings. The number of anilines is 2. The lowest BCUT2D eigenvalue weighted by atomic mass is 10.1. The molecule has 3 aromatic rings. The fraction of sp³-hybridized carbons (Fsp3) is 0.150. The smallest absolute Gasteiger partial charge is 0.291 e. The predicted octanol–water partition coefficient (Wildman–Crippen LogP) is 3.31. The van der Waals surface area contributed by atoms with E-state index in [9.17, 15) is 13.2 Å². The Balaban J connectivity index is 1.63. The van der Waals surface area contributed by atoms with Crippen LogP contribution in [0.2, 0.25) is 0 Å². The second-order valence-electron chi connectivity index (χ2n) is 6.57.